The Labute approximate surface area is 133 Å². The lowest BCUT2D eigenvalue weighted by Crippen LogP contribution is -2.44. The van der Waals surface area contributed by atoms with Gasteiger partial charge in [0.05, 0.1) is 17.7 Å². The highest BCUT2D eigenvalue weighted by Crippen LogP contribution is 2.29. The molecule has 0 radical (unpaired) electrons. The highest BCUT2D eigenvalue weighted by Gasteiger charge is 2.37. The van der Waals surface area contributed by atoms with Crippen molar-refractivity contribution in [1.82, 2.24) is 10.2 Å². The number of alkyl halides is 3. The standard InChI is InChI=1S/C16H21F3N2O2/c1-15(2,3)21-8-12(13(22)9-21)20-14(23)10-4-6-11(7-5-10)16(17,18)19/h4-7,12-13,22H,8-9H2,1-3H3,(H,20,23)/t12-,13-/m0/s1. The number of halogens is 3. The second kappa shape index (κ2) is 6.13. The van der Waals surface area contributed by atoms with E-state index in [9.17, 15) is 23.1 Å². The molecule has 1 aliphatic rings. The van der Waals surface area contributed by atoms with Crippen LogP contribution in [0.5, 0.6) is 0 Å². The molecule has 1 fully saturated rings. The number of amides is 1. The van der Waals surface area contributed by atoms with Crippen LogP contribution in [0.2, 0.25) is 0 Å². The molecule has 1 aromatic rings. The molecular weight excluding hydrogens is 309 g/mol. The largest absolute Gasteiger partial charge is 0.416 e. The summed E-state index contributed by atoms with van der Waals surface area (Å²) in [5, 5.41) is 12.8. The van der Waals surface area contributed by atoms with Crippen LogP contribution in [0.3, 0.4) is 0 Å². The minimum atomic E-state index is -4.43. The summed E-state index contributed by atoms with van der Waals surface area (Å²) in [5.41, 5.74) is -0.789. The number of hydrogen-bond donors (Lipinski definition) is 2. The molecule has 1 heterocycles. The summed E-state index contributed by atoms with van der Waals surface area (Å²) in [6, 6.07) is 3.59. The van der Waals surface area contributed by atoms with Gasteiger partial charge in [0.15, 0.2) is 0 Å². The third-order valence-corrected chi connectivity index (χ3v) is 4.03. The van der Waals surface area contributed by atoms with E-state index in [0.717, 1.165) is 24.3 Å². The second-order valence-corrected chi connectivity index (χ2v) is 6.80. The molecule has 7 heteroatoms. The van der Waals surface area contributed by atoms with Gasteiger partial charge < -0.3 is 10.4 Å². The smallest absolute Gasteiger partial charge is 0.390 e. The van der Waals surface area contributed by atoms with Gasteiger partial charge in [0, 0.05) is 24.2 Å². The highest BCUT2D eigenvalue weighted by atomic mass is 19.4. The van der Waals surface area contributed by atoms with Crippen LogP contribution in [0.4, 0.5) is 13.2 Å². The van der Waals surface area contributed by atoms with E-state index in [1.807, 2.05) is 20.8 Å². The van der Waals surface area contributed by atoms with Crippen molar-refractivity contribution in [2.24, 2.45) is 0 Å². The zero-order chi connectivity index (χ0) is 17.4. The van der Waals surface area contributed by atoms with Crippen molar-refractivity contribution < 1.29 is 23.1 Å². The van der Waals surface area contributed by atoms with Crippen LogP contribution < -0.4 is 5.32 Å². The monoisotopic (exact) mass is 330 g/mol. The zero-order valence-electron chi connectivity index (χ0n) is 13.3. The SMILES string of the molecule is CC(C)(C)N1C[C@H](NC(=O)c2ccc(C(F)(F)F)cc2)[C@@H](O)C1. The van der Waals surface area contributed by atoms with Gasteiger partial charge in [-0.15, -0.1) is 0 Å². The van der Waals surface area contributed by atoms with Crippen molar-refractivity contribution in [1.29, 1.82) is 0 Å². The number of aliphatic hydroxyl groups excluding tert-OH is 1. The third-order valence-electron chi connectivity index (χ3n) is 4.03. The fourth-order valence-corrected chi connectivity index (χ4v) is 2.54. The first-order chi connectivity index (χ1) is 10.5. The minimum Gasteiger partial charge on any atom is -0.390 e. The Morgan fingerprint density at radius 3 is 2.17 bits per heavy atom. The lowest BCUT2D eigenvalue weighted by Gasteiger charge is -2.31. The Morgan fingerprint density at radius 2 is 1.74 bits per heavy atom. The summed E-state index contributed by atoms with van der Waals surface area (Å²) < 4.78 is 37.5. The number of β-amino-alcohol motifs (C(OH)–C–C–N with tert-alkyl or cyclic N) is 1. The first-order valence-electron chi connectivity index (χ1n) is 7.40. The Hall–Kier alpha value is -1.60. The molecular formula is C16H21F3N2O2. The maximum absolute atomic E-state index is 12.5. The van der Waals surface area contributed by atoms with Crippen LogP contribution in [0.25, 0.3) is 0 Å². The van der Waals surface area contributed by atoms with Gasteiger partial charge in [-0.1, -0.05) is 0 Å². The number of hydrogen-bond acceptors (Lipinski definition) is 3. The quantitative estimate of drug-likeness (QED) is 0.875. The normalized spacial score (nSPS) is 23.1. The van der Waals surface area contributed by atoms with Crippen molar-refractivity contribution in [3.63, 3.8) is 0 Å². The Morgan fingerprint density at radius 1 is 1.17 bits per heavy atom. The van der Waals surface area contributed by atoms with E-state index in [0.29, 0.717) is 13.1 Å². The molecule has 0 spiro atoms. The topological polar surface area (TPSA) is 52.6 Å². The number of carbonyl (C=O) groups excluding carboxylic acids is 1. The van der Waals surface area contributed by atoms with Crippen LogP contribution in [0.15, 0.2) is 24.3 Å². The van der Waals surface area contributed by atoms with Crippen molar-refractivity contribution in [3.05, 3.63) is 35.4 Å². The highest BCUT2D eigenvalue weighted by molar-refractivity contribution is 5.94. The second-order valence-electron chi connectivity index (χ2n) is 6.80. The number of benzene rings is 1. The van der Waals surface area contributed by atoms with Crippen molar-refractivity contribution >= 4 is 5.91 Å². The van der Waals surface area contributed by atoms with Crippen LogP contribution in [-0.4, -0.2) is 46.7 Å². The van der Waals surface area contributed by atoms with E-state index in [-0.39, 0.29) is 11.1 Å². The summed E-state index contributed by atoms with van der Waals surface area (Å²) in [6.45, 7) is 6.98. The van der Waals surface area contributed by atoms with Crippen molar-refractivity contribution in [2.45, 2.75) is 44.6 Å². The van der Waals surface area contributed by atoms with Gasteiger partial charge in [-0.3, -0.25) is 9.69 Å². The van der Waals surface area contributed by atoms with Gasteiger partial charge in [0.25, 0.3) is 5.91 Å². The number of nitrogens with zero attached hydrogens (tertiary/aromatic N) is 1. The molecule has 1 saturated heterocycles. The predicted octanol–water partition coefficient (Wildman–Crippen LogP) is 2.28. The Bertz CT molecular complexity index is 564. The van der Waals surface area contributed by atoms with Gasteiger partial charge >= 0.3 is 6.18 Å². The lowest BCUT2D eigenvalue weighted by molar-refractivity contribution is -0.137. The summed E-state index contributed by atoms with van der Waals surface area (Å²) in [5.74, 6) is -0.487. The van der Waals surface area contributed by atoms with Crippen LogP contribution >= 0.6 is 0 Å². The van der Waals surface area contributed by atoms with Gasteiger partial charge in [-0.25, -0.2) is 0 Å². The molecule has 1 amide bonds. The molecule has 4 nitrogen and oxygen atoms in total. The average Bonchev–Trinajstić information content (AvgIpc) is 2.79. The van der Waals surface area contributed by atoms with Gasteiger partial charge in [-0.2, -0.15) is 13.2 Å². The molecule has 0 bridgehead atoms. The average molecular weight is 330 g/mol. The molecule has 2 rings (SSSR count). The van der Waals surface area contributed by atoms with E-state index < -0.39 is 29.8 Å². The Balaban J connectivity index is 2.02. The third kappa shape index (κ3) is 4.23. The van der Waals surface area contributed by atoms with Crippen LogP contribution in [0.1, 0.15) is 36.7 Å². The number of rotatable bonds is 2. The number of aliphatic hydroxyl groups is 1. The molecule has 0 saturated carbocycles. The summed E-state index contributed by atoms with van der Waals surface area (Å²) in [4.78, 5) is 14.2. The van der Waals surface area contributed by atoms with Crippen LogP contribution in [-0.2, 0) is 6.18 Å². The van der Waals surface area contributed by atoms with E-state index in [2.05, 4.69) is 10.2 Å². The zero-order valence-corrected chi connectivity index (χ0v) is 13.3. The fraction of sp³-hybridized carbons (Fsp3) is 0.562. The molecule has 0 aliphatic carbocycles. The number of carbonyl (C=O) groups is 1. The van der Waals surface area contributed by atoms with E-state index in [1.54, 1.807) is 0 Å². The molecule has 2 atom stereocenters. The van der Waals surface area contributed by atoms with Gasteiger partial charge in [-0.05, 0) is 45.0 Å². The van der Waals surface area contributed by atoms with Crippen molar-refractivity contribution in [3.8, 4) is 0 Å². The number of likely N-dealkylation sites (tertiary alicyclic amines) is 1. The molecule has 0 unspecified atom stereocenters. The lowest BCUT2D eigenvalue weighted by atomic mass is 10.1. The molecule has 0 aromatic heterocycles. The fourth-order valence-electron chi connectivity index (χ4n) is 2.54. The van der Waals surface area contributed by atoms with Gasteiger partial charge in [0.2, 0.25) is 0 Å². The summed E-state index contributed by atoms with van der Waals surface area (Å²) >= 11 is 0. The molecule has 1 aliphatic heterocycles. The van der Waals surface area contributed by atoms with E-state index in [1.165, 1.54) is 0 Å². The van der Waals surface area contributed by atoms with Crippen molar-refractivity contribution in [2.75, 3.05) is 13.1 Å². The minimum absolute atomic E-state index is 0.130. The van der Waals surface area contributed by atoms with Crippen LogP contribution in [0, 0.1) is 0 Å². The molecule has 1 aromatic carbocycles. The molecule has 2 N–H and O–H groups in total. The Kier molecular flexibility index (Phi) is 4.73. The predicted molar refractivity (Wildman–Crippen MR) is 80.0 cm³/mol. The molecule has 23 heavy (non-hydrogen) atoms. The molecule has 128 valence electrons. The first kappa shape index (κ1) is 17.7. The first-order valence-corrected chi connectivity index (χ1v) is 7.40. The summed E-state index contributed by atoms with van der Waals surface area (Å²) in [6.07, 6.45) is -5.13. The van der Waals surface area contributed by atoms with E-state index >= 15 is 0 Å². The van der Waals surface area contributed by atoms with Gasteiger partial charge in [0.1, 0.15) is 0 Å². The summed E-state index contributed by atoms with van der Waals surface area (Å²) in [7, 11) is 0. The van der Waals surface area contributed by atoms with E-state index in [4.69, 9.17) is 0 Å². The number of nitrogens with one attached hydrogen (secondary N) is 1. The maximum Gasteiger partial charge on any atom is 0.416 e. The maximum atomic E-state index is 12.5.